The summed E-state index contributed by atoms with van der Waals surface area (Å²) < 4.78 is 5.45. The minimum absolute atomic E-state index is 0.0573. The van der Waals surface area contributed by atoms with E-state index in [1.807, 2.05) is 12.2 Å². The van der Waals surface area contributed by atoms with Crippen LogP contribution in [0.3, 0.4) is 0 Å². The first-order valence-electron chi connectivity index (χ1n) is 5.24. The summed E-state index contributed by atoms with van der Waals surface area (Å²) in [7, 11) is 0. The predicted octanol–water partition coefficient (Wildman–Crippen LogP) is -0.179. The molecule has 0 aromatic carbocycles. The molecule has 84 valence electrons. The molecule has 0 bridgehead atoms. The lowest BCUT2D eigenvalue weighted by atomic mass is 10.1. The Morgan fingerprint density at radius 1 is 1.56 bits per heavy atom. The molecule has 2 N–H and O–H groups in total. The molecule has 3 aliphatic heterocycles. The van der Waals surface area contributed by atoms with E-state index in [2.05, 4.69) is 5.32 Å². The van der Waals surface area contributed by atoms with E-state index < -0.39 is 12.5 Å². The van der Waals surface area contributed by atoms with Gasteiger partial charge < -0.3 is 14.7 Å². The second-order valence-corrected chi connectivity index (χ2v) is 3.95. The third kappa shape index (κ3) is 1.36. The number of nitrogens with zero attached hydrogens (tertiary/aromatic N) is 1. The molecule has 0 fully saturated rings. The minimum atomic E-state index is -0.650. The van der Waals surface area contributed by atoms with Gasteiger partial charge in [0, 0.05) is 13.0 Å². The van der Waals surface area contributed by atoms with Gasteiger partial charge in [-0.1, -0.05) is 12.2 Å². The van der Waals surface area contributed by atoms with E-state index >= 15 is 0 Å². The lowest BCUT2D eigenvalue weighted by Crippen LogP contribution is -2.46. The summed E-state index contributed by atoms with van der Waals surface area (Å²) in [4.78, 5) is 13.8. The first-order valence-corrected chi connectivity index (χ1v) is 5.24. The van der Waals surface area contributed by atoms with E-state index in [1.54, 1.807) is 17.2 Å². The van der Waals surface area contributed by atoms with Crippen LogP contribution in [0.2, 0.25) is 0 Å². The lowest BCUT2D eigenvalue weighted by molar-refractivity contribution is -0.125. The van der Waals surface area contributed by atoms with Crippen molar-refractivity contribution in [1.29, 1.82) is 0 Å². The molecule has 3 heterocycles. The Morgan fingerprint density at radius 2 is 2.44 bits per heavy atom. The van der Waals surface area contributed by atoms with Crippen molar-refractivity contribution >= 4 is 5.91 Å². The highest BCUT2D eigenvalue weighted by molar-refractivity contribution is 5.96. The number of hydrogen-bond acceptors (Lipinski definition) is 4. The third-order valence-corrected chi connectivity index (χ3v) is 2.89. The van der Waals surface area contributed by atoms with Crippen molar-refractivity contribution in [2.45, 2.75) is 18.9 Å². The highest BCUT2D eigenvalue weighted by Gasteiger charge is 2.34. The van der Waals surface area contributed by atoms with Gasteiger partial charge in [-0.2, -0.15) is 0 Å². The Labute approximate surface area is 92.7 Å². The van der Waals surface area contributed by atoms with E-state index in [-0.39, 0.29) is 5.91 Å². The van der Waals surface area contributed by atoms with Crippen LogP contribution in [0.25, 0.3) is 0 Å². The summed E-state index contributed by atoms with van der Waals surface area (Å²) in [5.74, 6) is -0.0573. The molecule has 0 aromatic rings. The molecule has 3 aliphatic rings. The maximum absolute atomic E-state index is 12.1. The quantitative estimate of drug-likeness (QED) is 0.594. The van der Waals surface area contributed by atoms with Crippen molar-refractivity contribution in [2.24, 2.45) is 0 Å². The Hall–Kier alpha value is -1.59. The summed E-state index contributed by atoms with van der Waals surface area (Å²) in [5.41, 5.74) is 1.33. The normalized spacial score (nSPS) is 32.3. The maximum Gasteiger partial charge on any atom is 0.259 e. The van der Waals surface area contributed by atoms with Crippen molar-refractivity contribution in [2.75, 3.05) is 6.54 Å². The molecule has 1 amide bonds. The van der Waals surface area contributed by atoms with Gasteiger partial charge >= 0.3 is 0 Å². The van der Waals surface area contributed by atoms with E-state index in [9.17, 15) is 9.90 Å². The topological polar surface area (TPSA) is 61.8 Å². The van der Waals surface area contributed by atoms with Gasteiger partial charge in [-0.15, -0.1) is 0 Å². The van der Waals surface area contributed by atoms with E-state index in [0.717, 1.165) is 5.70 Å². The highest BCUT2D eigenvalue weighted by Crippen LogP contribution is 2.25. The van der Waals surface area contributed by atoms with Gasteiger partial charge in [0.15, 0.2) is 6.23 Å². The molecule has 5 nitrogen and oxygen atoms in total. The number of allylic oxidation sites excluding steroid dienone is 1. The average molecular weight is 220 g/mol. The van der Waals surface area contributed by atoms with Crippen molar-refractivity contribution in [3.05, 3.63) is 35.8 Å². The predicted molar refractivity (Wildman–Crippen MR) is 55.7 cm³/mol. The first kappa shape index (κ1) is 9.62. The number of hydrogen-bond donors (Lipinski definition) is 2. The first-order chi connectivity index (χ1) is 7.75. The Balaban J connectivity index is 1.97. The van der Waals surface area contributed by atoms with Gasteiger partial charge in [-0.3, -0.25) is 10.1 Å². The molecule has 2 atom stereocenters. The molecular weight excluding hydrogens is 208 g/mol. The van der Waals surface area contributed by atoms with Crippen LogP contribution in [0.5, 0.6) is 0 Å². The van der Waals surface area contributed by atoms with Crippen LogP contribution in [-0.2, 0) is 9.53 Å². The summed E-state index contributed by atoms with van der Waals surface area (Å²) in [6.45, 7) is 0.584. The zero-order valence-electron chi connectivity index (χ0n) is 8.59. The summed E-state index contributed by atoms with van der Waals surface area (Å²) in [6, 6.07) is 0. The zero-order chi connectivity index (χ0) is 11.1. The summed E-state index contributed by atoms with van der Waals surface area (Å²) in [5, 5.41) is 12.3. The van der Waals surface area contributed by atoms with E-state index in [1.165, 1.54) is 0 Å². The number of aliphatic hydroxyl groups is 1. The van der Waals surface area contributed by atoms with Gasteiger partial charge in [0.05, 0.1) is 11.3 Å². The van der Waals surface area contributed by atoms with Crippen LogP contribution in [0, 0.1) is 0 Å². The fraction of sp³-hybridized carbons (Fsp3) is 0.364. The fourth-order valence-electron chi connectivity index (χ4n) is 2.06. The fourth-order valence-corrected chi connectivity index (χ4v) is 2.06. The molecule has 0 radical (unpaired) electrons. The van der Waals surface area contributed by atoms with Crippen LogP contribution >= 0.6 is 0 Å². The zero-order valence-corrected chi connectivity index (χ0v) is 8.59. The average Bonchev–Trinajstić information content (AvgIpc) is 2.69. The third-order valence-electron chi connectivity index (χ3n) is 2.89. The molecule has 0 aliphatic carbocycles. The summed E-state index contributed by atoms with van der Waals surface area (Å²) >= 11 is 0. The second kappa shape index (κ2) is 3.47. The number of rotatable bonds is 0. The van der Waals surface area contributed by atoms with Crippen molar-refractivity contribution in [3.8, 4) is 0 Å². The molecule has 0 unspecified atom stereocenters. The molecule has 3 rings (SSSR count). The minimum Gasteiger partial charge on any atom is -0.476 e. The Bertz CT molecular complexity index is 425. The largest absolute Gasteiger partial charge is 0.476 e. The molecule has 0 saturated carbocycles. The SMILES string of the molecule is O=C1C2=CC[C@@H](O)N[C@H]2OC=C2C=CCN12. The van der Waals surface area contributed by atoms with Crippen LogP contribution in [0.15, 0.2) is 35.8 Å². The van der Waals surface area contributed by atoms with Crippen molar-refractivity contribution in [3.63, 3.8) is 0 Å². The maximum atomic E-state index is 12.1. The van der Waals surface area contributed by atoms with E-state index in [4.69, 9.17) is 4.74 Å². The van der Waals surface area contributed by atoms with Gasteiger partial charge in [-0.05, 0) is 6.08 Å². The molecule has 0 spiro atoms. The Morgan fingerprint density at radius 3 is 3.31 bits per heavy atom. The summed E-state index contributed by atoms with van der Waals surface area (Å²) in [6.07, 6.45) is 6.30. The molecule has 5 heteroatoms. The smallest absolute Gasteiger partial charge is 0.259 e. The monoisotopic (exact) mass is 220 g/mol. The molecule has 16 heavy (non-hydrogen) atoms. The molecule has 0 saturated heterocycles. The van der Waals surface area contributed by atoms with Crippen molar-refractivity contribution in [1.82, 2.24) is 10.2 Å². The van der Waals surface area contributed by atoms with Crippen LogP contribution in [-0.4, -0.2) is 34.9 Å². The van der Waals surface area contributed by atoms with Gasteiger partial charge in [0.1, 0.15) is 12.5 Å². The van der Waals surface area contributed by atoms with E-state index in [0.29, 0.717) is 18.5 Å². The lowest BCUT2D eigenvalue weighted by Gasteiger charge is -2.27. The molecule has 0 aromatic heterocycles. The number of ether oxygens (including phenoxy) is 1. The highest BCUT2D eigenvalue weighted by atomic mass is 16.5. The number of carbonyl (C=O) groups excluding carboxylic acids is 1. The Kier molecular flexibility index (Phi) is 2.08. The number of fused-ring (bicyclic) bond motifs is 2. The van der Waals surface area contributed by atoms with Crippen LogP contribution in [0.4, 0.5) is 0 Å². The standard InChI is InChI=1S/C11H12N2O3/c14-9-4-3-8-10(12-9)16-6-7-2-1-5-13(7)11(8)15/h1-3,6,9-10,12,14H,4-5H2/t9-,10+/m1/s1. The number of nitrogens with one attached hydrogen (secondary N) is 1. The van der Waals surface area contributed by atoms with Gasteiger partial charge in [0.2, 0.25) is 0 Å². The van der Waals surface area contributed by atoms with Crippen LogP contribution < -0.4 is 5.32 Å². The van der Waals surface area contributed by atoms with Crippen molar-refractivity contribution < 1.29 is 14.6 Å². The second-order valence-electron chi connectivity index (χ2n) is 3.95. The van der Waals surface area contributed by atoms with Gasteiger partial charge in [-0.25, -0.2) is 0 Å². The molecular formula is C11H12N2O3. The number of amides is 1. The van der Waals surface area contributed by atoms with Crippen LogP contribution in [0.1, 0.15) is 6.42 Å². The number of carbonyl (C=O) groups is 1. The van der Waals surface area contributed by atoms with Gasteiger partial charge in [0.25, 0.3) is 5.91 Å². The number of aliphatic hydroxyl groups excluding tert-OH is 1.